The Bertz CT molecular complexity index is 427. The van der Waals surface area contributed by atoms with Gasteiger partial charge >= 0.3 is 6.16 Å². The summed E-state index contributed by atoms with van der Waals surface area (Å²) < 4.78 is 4.82. The number of nitrogens with two attached hydrogens (primary N) is 1. The van der Waals surface area contributed by atoms with Crippen molar-refractivity contribution in [2.45, 2.75) is 33.2 Å². The lowest BCUT2D eigenvalue weighted by Gasteiger charge is -2.03. The topological polar surface area (TPSA) is 73.9 Å². The Balaban J connectivity index is 2.49. The SMILES string of the molecule is CCCCOC(=O)O/N=C(/C)c1ccc(CN)cc1. The molecule has 0 saturated carbocycles. The highest BCUT2D eigenvalue weighted by Gasteiger charge is 2.04. The molecule has 0 amide bonds. The summed E-state index contributed by atoms with van der Waals surface area (Å²) in [6.07, 6.45) is 1.01. The standard InChI is InChI=1S/C14H20N2O3/c1-3-4-9-18-14(17)19-16-11(2)13-7-5-12(10-15)6-8-13/h5-8H,3-4,9-10,15H2,1-2H3/b16-11-. The summed E-state index contributed by atoms with van der Waals surface area (Å²) in [5.74, 6) is 0. The summed E-state index contributed by atoms with van der Waals surface area (Å²) in [7, 11) is 0. The minimum Gasteiger partial charge on any atom is -0.433 e. The summed E-state index contributed by atoms with van der Waals surface area (Å²) in [6.45, 7) is 4.63. The number of nitrogens with zero attached hydrogens (tertiary/aromatic N) is 1. The maximum atomic E-state index is 11.2. The zero-order valence-electron chi connectivity index (χ0n) is 11.4. The molecule has 1 aromatic carbocycles. The number of oxime groups is 1. The molecular weight excluding hydrogens is 244 g/mol. The Morgan fingerprint density at radius 1 is 1.32 bits per heavy atom. The first-order valence-electron chi connectivity index (χ1n) is 6.35. The van der Waals surface area contributed by atoms with Crippen LogP contribution in [-0.2, 0) is 16.1 Å². The van der Waals surface area contributed by atoms with E-state index < -0.39 is 6.16 Å². The van der Waals surface area contributed by atoms with Crippen LogP contribution in [-0.4, -0.2) is 18.5 Å². The van der Waals surface area contributed by atoms with Gasteiger partial charge in [0, 0.05) is 6.54 Å². The Morgan fingerprint density at radius 2 is 2.00 bits per heavy atom. The van der Waals surface area contributed by atoms with Crippen molar-refractivity contribution in [3.63, 3.8) is 0 Å². The summed E-state index contributed by atoms with van der Waals surface area (Å²) in [6, 6.07) is 7.58. The molecule has 5 heteroatoms. The zero-order valence-corrected chi connectivity index (χ0v) is 11.4. The normalized spacial score (nSPS) is 11.2. The van der Waals surface area contributed by atoms with Crippen molar-refractivity contribution < 1.29 is 14.4 Å². The van der Waals surface area contributed by atoms with Gasteiger partial charge in [0.1, 0.15) is 0 Å². The highest BCUT2D eigenvalue weighted by Crippen LogP contribution is 2.06. The van der Waals surface area contributed by atoms with Crippen molar-refractivity contribution in [3.05, 3.63) is 35.4 Å². The molecule has 0 aliphatic carbocycles. The second-order valence-electron chi connectivity index (χ2n) is 4.12. The van der Waals surface area contributed by atoms with Crippen LogP contribution in [0.2, 0.25) is 0 Å². The van der Waals surface area contributed by atoms with E-state index in [0.717, 1.165) is 24.0 Å². The number of hydrogen-bond donors (Lipinski definition) is 1. The van der Waals surface area contributed by atoms with E-state index in [0.29, 0.717) is 18.9 Å². The fourth-order valence-electron chi connectivity index (χ4n) is 1.37. The van der Waals surface area contributed by atoms with Gasteiger partial charge in [0.05, 0.1) is 12.3 Å². The van der Waals surface area contributed by atoms with Crippen LogP contribution >= 0.6 is 0 Å². The number of carbonyl (C=O) groups excluding carboxylic acids is 1. The van der Waals surface area contributed by atoms with Crippen LogP contribution in [0.25, 0.3) is 0 Å². The highest BCUT2D eigenvalue weighted by molar-refractivity contribution is 5.98. The first-order chi connectivity index (χ1) is 9.17. The van der Waals surface area contributed by atoms with Gasteiger partial charge in [-0.3, -0.25) is 4.84 Å². The molecule has 2 N–H and O–H groups in total. The molecule has 5 nitrogen and oxygen atoms in total. The molecule has 0 spiro atoms. The molecule has 0 radical (unpaired) electrons. The van der Waals surface area contributed by atoms with Crippen LogP contribution < -0.4 is 5.73 Å². The number of hydrogen-bond acceptors (Lipinski definition) is 5. The third kappa shape index (κ3) is 5.52. The van der Waals surface area contributed by atoms with Crippen molar-refractivity contribution in [2.24, 2.45) is 10.9 Å². The van der Waals surface area contributed by atoms with Gasteiger partial charge in [-0.2, -0.15) is 0 Å². The molecule has 0 atom stereocenters. The van der Waals surface area contributed by atoms with E-state index in [9.17, 15) is 4.79 Å². The second kappa shape index (κ2) is 8.26. The molecule has 1 rings (SSSR count). The molecule has 0 unspecified atom stereocenters. The van der Waals surface area contributed by atoms with Crippen molar-refractivity contribution in [2.75, 3.05) is 6.61 Å². The minimum absolute atomic E-state index is 0.356. The lowest BCUT2D eigenvalue weighted by atomic mass is 10.1. The third-order valence-electron chi connectivity index (χ3n) is 2.58. The Kier molecular flexibility index (Phi) is 6.60. The predicted molar refractivity (Wildman–Crippen MR) is 73.9 cm³/mol. The third-order valence-corrected chi connectivity index (χ3v) is 2.58. The summed E-state index contributed by atoms with van der Waals surface area (Å²) in [4.78, 5) is 15.8. The van der Waals surface area contributed by atoms with Gasteiger partial charge in [0.2, 0.25) is 0 Å². The lowest BCUT2D eigenvalue weighted by Crippen LogP contribution is -2.07. The maximum Gasteiger partial charge on any atom is 0.535 e. The van der Waals surface area contributed by atoms with Crippen LogP contribution in [0.5, 0.6) is 0 Å². The van der Waals surface area contributed by atoms with Crippen molar-refractivity contribution in [3.8, 4) is 0 Å². The van der Waals surface area contributed by atoms with E-state index in [1.165, 1.54) is 0 Å². The number of unbranched alkanes of at least 4 members (excludes halogenated alkanes) is 1. The summed E-state index contributed by atoms with van der Waals surface area (Å²) in [5, 5.41) is 3.74. The van der Waals surface area contributed by atoms with E-state index in [2.05, 4.69) is 9.99 Å². The minimum atomic E-state index is -0.772. The average Bonchev–Trinajstić information content (AvgIpc) is 2.45. The van der Waals surface area contributed by atoms with E-state index in [4.69, 9.17) is 10.5 Å². The van der Waals surface area contributed by atoms with Crippen LogP contribution in [0.4, 0.5) is 4.79 Å². The molecule has 0 bridgehead atoms. The van der Waals surface area contributed by atoms with Crippen LogP contribution in [0.3, 0.4) is 0 Å². The van der Waals surface area contributed by atoms with Gasteiger partial charge in [-0.15, -0.1) is 0 Å². The zero-order chi connectivity index (χ0) is 14.1. The molecule has 0 saturated heterocycles. The molecule has 0 fully saturated rings. The van der Waals surface area contributed by atoms with Gasteiger partial charge in [-0.1, -0.05) is 42.8 Å². The number of benzene rings is 1. The smallest absolute Gasteiger partial charge is 0.433 e. The summed E-state index contributed by atoms with van der Waals surface area (Å²) in [5.41, 5.74) is 8.04. The molecule has 0 aliphatic rings. The monoisotopic (exact) mass is 264 g/mol. The fourth-order valence-corrected chi connectivity index (χ4v) is 1.37. The molecule has 0 heterocycles. The van der Waals surface area contributed by atoms with Gasteiger partial charge < -0.3 is 10.5 Å². The molecule has 0 aromatic heterocycles. The largest absolute Gasteiger partial charge is 0.535 e. The van der Waals surface area contributed by atoms with Crippen LogP contribution in [0, 0.1) is 0 Å². The molecule has 0 aliphatic heterocycles. The van der Waals surface area contributed by atoms with Gasteiger partial charge in [0.15, 0.2) is 0 Å². The number of ether oxygens (including phenoxy) is 1. The fraction of sp³-hybridized carbons (Fsp3) is 0.429. The van der Waals surface area contributed by atoms with Crippen LogP contribution in [0.1, 0.15) is 37.8 Å². The van der Waals surface area contributed by atoms with Gasteiger partial charge in [-0.05, 0) is 24.5 Å². The molecular formula is C14H20N2O3. The first kappa shape index (κ1) is 15.2. The Labute approximate surface area is 113 Å². The number of rotatable bonds is 6. The van der Waals surface area contributed by atoms with Crippen molar-refractivity contribution in [1.29, 1.82) is 0 Å². The van der Waals surface area contributed by atoms with Gasteiger partial charge in [0.25, 0.3) is 0 Å². The van der Waals surface area contributed by atoms with E-state index in [1.54, 1.807) is 6.92 Å². The predicted octanol–water partition coefficient (Wildman–Crippen LogP) is 2.82. The van der Waals surface area contributed by atoms with E-state index in [1.807, 2.05) is 31.2 Å². The molecule has 104 valence electrons. The Morgan fingerprint density at radius 3 is 2.58 bits per heavy atom. The van der Waals surface area contributed by atoms with E-state index in [-0.39, 0.29) is 0 Å². The second-order valence-corrected chi connectivity index (χ2v) is 4.12. The first-order valence-corrected chi connectivity index (χ1v) is 6.35. The highest BCUT2D eigenvalue weighted by atomic mass is 16.8. The average molecular weight is 264 g/mol. The number of carbonyl (C=O) groups is 1. The van der Waals surface area contributed by atoms with Crippen molar-refractivity contribution >= 4 is 11.9 Å². The lowest BCUT2D eigenvalue weighted by molar-refractivity contribution is 0.0565. The van der Waals surface area contributed by atoms with Crippen molar-refractivity contribution in [1.82, 2.24) is 0 Å². The molecule has 19 heavy (non-hydrogen) atoms. The van der Waals surface area contributed by atoms with E-state index >= 15 is 0 Å². The van der Waals surface area contributed by atoms with Crippen LogP contribution in [0.15, 0.2) is 29.4 Å². The van der Waals surface area contributed by atoms with Gasteiger partial charge in [-0.25, -0.2) is 4.79 Å². The maximum absolute atomic E-state index is 11.2. The summed E-state index contributed by atoms with van der Waals surface area (Å²) >= 11 is 0. The quantitative estimate of drug-likeness (QED) is 0.282. The molecule has 1 aromatic rings. The Hall–Kier alpha value is -1.88.